The van der Waals surface area contributed by atoms with Crippen LogP contribution >= 0.6 is 0 Å². The highest BCUT2D eigenvalue weighted by Gasteiger charge is 2.31. The molecule has 2 aromatic heterocycles. The highest BCUT2D eigenvalue weighted by Crippen LogP contribution is 2.31. The molecule has 1 amide bonds. The molecule has 0 unspecified atom stereocenters. The summed E-state index contributed by atoms with van der Waals surface area (Å²) in [6.45, 7) is 2.48. The summed E-state index contributed by atoms with van der Waals surface area (Å²) in [5, 5.41) is 10.0. The molecule has 0 spiro atoms. The number of fused-ring (bicyclic) bond motifs is 4. The molecule has 7 nitrogen and oxygen atoms in total. The summed E-state index contributed by atoms with van der Waals surface area (Å²) in [7, 11) is 0. The highest BCUT2D eigenvalue weighted by molar-refractivity contribution is 5.93. The minimum atomic E-state index is -0.451. The molecule has 5 rings (SSSR count). The van der Waals surface area contributed by atoms with E-state index in [2.05, 4.69) is 15.8 Å². The summed E-state index contributed by atoms with van der Waals surface area (Å²) in [6, 6.07) is 11.2. The fourth-order valence-corrected chi connectivity index (χ4v) is 4.41. The third-order valence-electron chi connectivity index (χ3n) is 5.86. The molecule has 2 bridgehead atoms. The minimum absolute atomic E-state index is 0.0809. The van der Waals surface area contributed by atoms with Gasteiger partial charge < -0.3 is 19.7 Å². The van der Waals surface area contributed by atoms with Crippen LogP contribution in [0.3, 0.4) is 0 Å². The quantitative estimate of drug-likeness (QED) is 0.691. The van der Waals surface area contributed by atoms with Crippen LogP contribution in [-0.4, -0.2) is 28.7 Å². The third kappa shape index (κ3) is 3.43. The number of hydrogen-bond donors (Lipinski definition) is 2. The number of nitrogens with one attached hydrogen (secondary N) is 2. The van der Waals surface area contributed by atoms with E-state index >= 15 is 0 Å². The van der Waals surface area contributed by atoms with Crippen LogP contribution < -0.4 is 16.2 Å². The zero-order valence-electron chi connectivity index (χ0n) is 16.2. The molecule has 1 aromatic carbocycles. The van der Waals surface area contributed by atoms with Gasteiger partial charge in [0, 0.05) is 36.3 Å². The number of halogens is 1. The van der Waals surface area contributed by atoms with Crippen LogP contribution in [0.5, 0.6) is 0 Å². The van der Waals surface area contributed by atoms with Gasteiger partial charge >= 0.3 is 0 Å². The van der Waals surface area contributed by atoms with Crippen LogP contribution in [-0.2, 0) is 13.1 Å². The number of hydrogen-bond acceptors (Lipinski definition) is 5. The van der Waals surface area contributed by atoms with Gasteiger partial charge in [-0.15, -0.1) is 0 Å². The van der Waals surface area contributed by atoms with E-state index in [1.807, 2.05) is 6.07 Å². The van der Waals surface area contributed by atoms with Gasteiger partial charge in [0.05, 0.1) is 6.54 Å². The maximum atomic E-state index is 13.4. The predicted molar refractivity (Wildman–Crippen MR) is 107 cm³/mol. The van der Waals surface area contributed by atoms with Crippen LogP contribution in [0.25, 0.3) is 11.3 Å². The average molecular weight is 408 g/mol. The summed E-state index contributed by atoms with van der Waals surface area (Å²) in [6.07, 6.45) is 1.08. The number of carbonyl (C=O) groups excluding carboxylic acids is 1. The Morgan fingerprint density at radius 3 is 3.03 bits per heavy atom. The zero-order chi connectivity index (χ0) is 20.7. The molecule has 154 valence electrons. The van der Waals surface area contributed by atoms with Gasteiger partial charge in [-0.2, -0.15) is 0 Å². The molecule has 3 aromatic rings. The van der Waals surface area contributed by atoms with Crippen molar-refractivity contribution in [3.8, 4) is 11.3 Å². The summed E-state index contributed by atoms with van der Waals surface area (Å²) in [4.78, 5) is 25.6. The SMILES string of the molecule is O=C(NCc1cc(-c2cccc(F)c2)no1)c1ccc2n(c1=O)C[C@@H]1CNC[C@H]2C1. The van der Waals surface area contributed by atoms with Gasteiger partial charge in [-0.3, -0.25) is 9.59 Å². The highest BCUT2D eigenvalue weighted by atomic mass is 19.1. The van der Waals surface area contributed by atoms with Crippen LogP contribution in [0, 0.1) is 11.7 Å². The third-order valence-corrected chi connectivity index (χ3v) is 5.86. The van der Waals surface area contributed by atoms with Crippen LogP contribution in [0.2, 0.25) is 0 Å². The summed E-state index contributed by atoms with van der Waals surface area (Å²) >= 11 is 0. The molecule has 2 atom stereocenters. The second kappa shape index (κ2) is 7.53. The topological polar surface area (TPSA) is 89.2 Å². The molecule has 2 aliphatic heterocycles. The lowest BCUT2D eigenvalue weighted by molar-refractivity contribution is 0.0944. The first-order valence-electron chi connectivity index (χ1n) is 10.0. The number of rotatable bonds is 4. The predicted octanol–water partition coefficient (Wildman–Crippen LogP) is 2.28. The van der Waals surface area contributed by atoms with Crippen molar-refractivity contribution in [1.29, 1.82) is 0 Å². The number of nitrogens with zero attached hydrogens (tertiary/aromatic N) is 2. The van der Waals surface area contributed by atoms with Crippen molar-refractivity contribution in [2.75, 3.05) is 13.1 Å². The van der Waals surface area contributed by atoms with Crippen molar-refractivity contribution in [2.45, 2.75) is 25.4 Å². The lowest BCUT2D eigenvalue weighted by atomic mass is 9.84. The first-order valence-corrected chi connectivity index (χ1v) is 10.0. The van der Waals surface area contributed by atoms with Gasteiger partial charge in [-0.1, -0.05) is 17.3 Å². The summed E-state index contributed by atoms with van der Waals surface area (Å²) < 4.78 is 20.4. The van der Waals surface area contributed by atoms with Crippen molar-refractivity contribution >= 4 is 5.91 Å². The fraction of sp³-hybridized carbons (Fsp3) is 0.318. The first-order chi connectivity index (χ1) is 14.6. The Morgan fingerprint density at radius 2 is 2.17 bits per heavy atom. The maximum Gasteiger partial charge on any atom is 0.263 e. The first kappa shape index (κ1) is 18.7. The molecule has 4 heterocycles. The van der Waals surface area contributed by atoms with E-state index < -0.39 is 5.91 Å². The Morgan fingerprint density at radius 1 is 1.27 bits per heavy atom. The van der Waals surface area contributed by atoms with Crippen LogP contribution in [0.15, 0.2) is 51.8 Å². The van der Waals surface area contributed by atoms with Crippen molar-refractivity contribution in [2.24, 2.45) is 5.92 Å². The fourth-order valence-electron chi connectivity index (χ4n) is 4.41. The van der Waals surface area contributed by atoms with Crippen molar-refractivity contribution < 1.29 is 13.7 Å². The van der Waals surface area contributed by atoms with Gasteiger partial charge in [0.1, 0.15) is 17.1 Å². The molecule has 1 fully saturated rings. The largest absolute Gasteiger partial charge is 0.359 e. The van der Waals surface area contributed by atoms with E-state index in [4.69, 9.17) is 4.52 Å². The Hall–Kier alpha value is -3.26. The molecular weight excluding hydrogens is 387 g/mol. The Kier molecular flexibility index (Phi) is 4.71. The minimum Gasteiger partial charge on any atom is -0.359 e. The second-order valence-electron chi connectivity index (χ2n) is 7.92. The number of amides is 1. The van der Waals surface area contributed by atoms with Gasteiger partial charge in [-0.25, -0.2) is 4.39 Å². The summed E-state index contributed by atoms with van der Waals surface area (Å²) in [5.41, 5.74) is 1.93. The van der Waals surface area contributed by atoms with E-state index in [9.17, 15) is 14.0 Å². The Labute approximate surface area is 171 Å². The molecule has 0 saturated carbocycles. The number of benzene rings is 1. The lowest BCUT2D eigenvalue weighted by Gasteiger charge is -2.37. The van der Waals surface area contributed by atoms with Crippen molar-refractivity contribution in [1.82, 2.24) is 20.4 Å². The molecule has 30 heavy (non-hydrogen) atoms. The monoisotopic (exact) mass is 408 g/mol. The number of carbonyl (C=O) groups is 1. The van der Waals surface area contributed by atoms with Gasteiger partial charge in [0.2, 0.25) is 0 Å². The standard InChI is InChI=1S/C22H21FN4O3/c23-16-3-1-2-14(7-16)19-8-17(30-26-19)11-25-21(28)18-4-5-20-15-6-13(9-24-10-15)12-27(20)22(18)29/h1-5,7-8,13,15,24H,6,9-12H2,(H,25,28)/t13-,15+/m0/s1. The van der Waals surface area contributed by atoms with Gasteiger partial charge in [0.15, 0.2) is 5.76 Å². The van der Waals surface area contributed by atoms with E-state index in [1.54, 1.807) is 28.8 Å². The molecular formula is C22H21FN4O3. The van der Waals surface area contributed by atoms with Crippen LogP contribution in [0.1, 0.15) is 34.2 Å². The molecule has 2 aliphatic rings. The van der Waals surface area contributed by atoms with E-state index in [-0.39, 0.29) is 23.5 Å². The van der Waals surface area contributed by atoms with Crippen molar-refractivity contribution in [3.63, 3.8) is 0 Å². The maximum absolute atomic E-state index is 13.4. The molecule has 1 saturated heterocycles. The zero-order valence-corrected chi connectivity index (χ0v) is 16.2. The second-order valence-corrected chi connectivity index (χ2v) is 7.92. The number of aromatic nitrogens is 2. The lowest BCUT2D eigenvalue weighted by Crippen LogP contribution is -2.46. The molecule has 0 radical (unpaired) electrons. The average Bonchev–Trinajstić information content (AvgIpc) is 3.22. The van der Waals surface area contributed by atoms with E-state index in [1.165, 1.54) is 12.1 Å². The van der Waals surface area contributed by atoms with Gasteiger partial charge in [-0.05, 0) is 43.1 Å². The normalized spacial score (nSPS) is 19.9. The number of pyridine rings is 1. The Balaban J connectivity index is 1.31. The number of piperidine rings is 1. The van der Waals surface area contributed by atoms with Gasteiger partial charge in [0.25, 0.3) is 11.5 Å². The van der Waals surface area contributed by atoms with Crippen molar-refractivity contribution in [3.05, 3.63) is 75.7 Å². The Bertz CT molecular complexity index is 1170. The molecule has 2 N–H and O–H groups in total. The van der Waals surface area contributed by atoms with Crippen LogP contribution in [0.4, 0.5) is 4.39 Å². The molecule has 0 aliphatic carbocycles. The summed E-state index contributed by atoms with van der Waals surface area (Å²) in [5.74, 6) is 0.341. The van der Waals surface area contributed by atoms with E-state index in [0.717, 1.165) is 25.2 Å². The van der Waals surface area contributed by atoms with E-state index in [0.29, 0.717) is 35.4 Å². The smallest absolute Gasteiger partial charge is 0.263 e. The molecule has 8 heteroatoms.